The van der Waals surface area contributed by atoms with Crippen LogP contribution in [0.2, 0.25) is 0 Å². The Kier molecular flexibility index (Phi) is 11.7. The Bertz CT molecular complexity index is 1920. The average molecular weight is 777 g/mol. The van der Waals surface area contributed by atoms with Crippen LogP contribution in [0.5, 0.6) is 5.88 Å². The fourth-order valence-corrected chi connectivity index (χ4v) is 6.62. The van der Waals surface area contributed by atoms with E-state index in [4.69, 9.17) is 14.2 Å². The third-order valence-electron chi connectivity index (χ3n) is 7.93. The van der Waals surface area contributed by atoms with Crippen molar-refractivity contribution < 1.29 is 58.6 Å². The Labute approximate surface area is 301 Å². The Hall–Kier alpha value is -4.88. The molecule has 3 heterocycles. The van der Waals surface area contributed by atoms with Crippen molar-refractivity contribution >= 4 is 33.8 Å². The molecule has 3 aromatic rings. The van der Waals surface area contributed by atoms with Crippen molar-refractivity contribution in [3.63, 3.8) is 0 Å². The van der Waals surface area contributed by atoms with Crippen molar-refractivity contribution in [3.8, 4) is 5.88 Å². The minimum atomic E-state index is -5.18. The molecule has 0 radical (unpaired) electrons. The molecule has 0 unspecified atom stereocenters. The van der Waals surface area contributed by atoms with Gasteiger partial charge >= 0.3 is 24.5 Å². The van der Waals surface area contributed by atoms with E-state index in [0.29, 0.717) is 24.2 Å². The zero-order valence-corrected chi connectivity index (χ0v) is 30.5. The number of nitrogens with zero attached hydrogens (tertiary/aromatic N) is 5. The predicted molar refractivity (Wildman–Crippen MR) is 178 cm³/mol. The molecule has 0 aliphatic carbocycles. The zero-order chi connectivity index (χ0) is 39.7. The Morgan fingerprint density at radius 1 is 1.00 bits per heavy atom. The molecule has 0 bridgehead atoms. The third kappa shape index (κ3) is 9.38. The van der Waals surface area contributed by atoms with Crippen LogP contribution >= 0.6 is 0 Å². The first-order valence-corrected chi connectivity index (χ1v) is 17.6. The number of aromatic nitrogens is 3. The lowest BCUT2D eigenvalue weighted by Crippen LogP contribution is -2.46. The van der Waals surface area contributed by atoms with Crippen molar-refractivity contribution in [1.29, 1.82) is 0 Å². The normalized spacial score (nSPS) is 16.4. The van der Waals surface area contributed by atoms with Crippen LogP contribution in [-0.4, -0.2) is 72.3 Å². The SMILES string of the molecule is CCOC(=O)N1c2ccc(OC)nc2[C@@H](Nc2ncc(S(=O)(=O)N(C)C(=O)OC(C)(C)C)c(Cc3cc(C(F)(F)F)cc(C(F)(F)F)c3)n2)C[C@H]1CC. The van der Waals surface area contributed by atoms with E-state index in [9.17, 15) is 44.3 Å². The van der Waals surface area contributed by atoms with Gasteiger partial charge in [0.2, 0.25) is 11.8 Å². The molecule has 2 atom stereocenters. The first-order valence-electron chi connectivity index (χ1n) is 16.1. The summed E-state index contributed by atoms with van der Waals surface area (Å²) < 4.78 is 126. The maximum absolute atomic E-state index is 13.8. The molecule has 2 aromatic heterocycles. The summed E-state index contributed by atoms with van der Waals surface area (Å²) >= 11 is 0. The number of alkyl halides is 6. The Balaban J connectivity index is 1.88. The fourth-order valence-electron chi connectivity index (χ4n) is 5.49. The number of nitrogens with one attached hydrogen (secondary N) is 1. The lowest BCUT2D eigenvalue weighted by Gasteiger charge is -2.39. The van der Waals surface area contributed by atoms with Crippen LogP contribution in [0.3, 0.4) is 0 Å². The summed E-state index contributed by atoms with van der Waals surface area (Å²) in [6.45, 7) is 8.01. The summed E-state index contributed by atoms with van der Waals surface area (Å²) in [4.78, 5) is 39.3. The van der Waals surface area contributed by atoms with Gasteiger partial charge in [-0.25, -0.2) is 37.3 Å². The van der Waals surface area contributed by atoms with E-state index in [1.54, 1.807) is 13.0 Å². The molecule has 0 saturated carbocycles. The number of rotatable bonds is 9. The monoisotopic (exact) mass is 776 g/mol. The number of carbonyl (C=O) groups excluding carboxylic acids is 2. The minimum Gasteiger partial charge on any atom is -0.481 e. The first-order chi connectivity index (χ1) is 24.5. The molecule has 290 valence electrons. The third-order valence-corrected chi connectivity index (χ3v) is 9.69. The van der Waals surface area contributed by atoms with Gasteiger partial charge in [-0.3, -0.25) is 4.90 Å². The molecule has 1 aliphatic rings. The lowest BCUT2D eigenvalue weighted by atomic mass is 9.93. The number of halogens is 6. The van der Waals surface area contributed by atoms with E-state index in [0.717, 1.165) is 13.2 Å². The second-order valence-electron chi connectivity index (χ2n) is 12.9. The number of hydrogen-bond acceptors (Lipinski definition) is 11. The van der Waals surface area contributed by atoms with Gasteiger partial charge in [0.25, 0.3) is 10.0 Å². The number of ether oxygens (including phenoxy) is 3. The van der Waals surface area contributed by atoms with Crippen LogP contribution in [0.15, 0.2) is 41.4 Å². The molecule has 1 aromatic carbocycles. The average Bonchev–Trinajstić information content (AvgIpc) is 3.05. The molecule has 0 spiro atoms. The molecule has 1 N–H and O–H groups in total. The van der Waals surface area contributed by atoms with E-state index in [1.807, 2.05) is 6.92 Å². The standard InChI is InChI=1S/C33H38F6N6O7S/c1-8-21-16-23(27-24(10-11-26(43-27)50-7)45(21)30(47)51-9-2)42-28-40-17-25(53(48,49)44(6)29(46)52-31(3,4)5)22(41-28)14-18-12-19(32(34,35)36)15-20(13-18)33(37,38)39/h10-13,15,17,21,23H,8-9,14,16H2,1-7H3,(H,40,41,42)/t21-,23+/m1/s1. The van der Waals surface area contributed by atoms with Gasteiger partial charge in [0.15, 0.2) is 0 Å². The lowest BCUT2D eigenvalue weighted by molar-refractivity contribution is -0.143. The maximum atomic E-state index is 13.8. The smallest absolute Gasteiger partial charge is 0.424 e. The first kappa shape index (κ1) is 40.9. The highest BCUT2D eigenvalue weighted by atomic mass is 32.2. The summed E-state index contributed by atoms with van der Waals surface area (Å²) in [5.41, 5.74) is -4.88. The molecule has 1 aliphatic heterocycles. The minimum absolute atomic E-state index is 0.0596. The Morgan fingerprint density at radius 3 is 2.15 bits per heavy atom. The van der Waals surface area contributed by atoms with Crippen molar-refractivity contribution in [2.24, 2.45) is 0 Å². The molecule has 20 heteroatoms. The number of fused-ring (bicyclic) bond motifs is 1. The number of sulfonamides is 1. The predicted octanol–water partition coefficient (Wildman–Crippen LogP) is 7.36. The Morgan fingerprint density at radius 2 is 1.62 bits per heavy atom. The number of amides is 2. The van der Waals surface area contributed by atoms with E-state index in [-0.39, 0.29) is 40.9 Å². The highest BCUT2D eigenvalue weighted by molar-refractivity contribution is 7.89. The van der Waals surface area contributed by atoms with Crippen molar-refractivity contribution in [3.05, 3.63) is 64.6 Å². The number of pyridine rings is 1. The van der Waals surface area contributed by atoms with Gasteiger partial charge in [0.1, 0.15) is 10.5 Å². The summed E-state index contributed by atoms with van der Waals surface area (Å²) in [5.74, 6) is -0.116. The van der Waals surface area contributed by atoms with E-state index < -0.39 is 85.9 Å². The molecular formula is C33H38F6N6O7S. The van der Waals surface area contributed by atoms with Crippen LogP contribution in [0.25, 0.3) is 0 Å². The summed E-state index contributed by atoms with van der Waals surface area (Å²) in [5, 5.41) is 3.02. The van der Waals surface area contributed by atoms with E-state index >= 15 is 0 Å². The highest BCUT2D eigenvalue weighted by Gasteiger charge is 2.40. The van der Waals surface area contributed by atoms with Crippen molar-refractivity contribution in [2.75, 3.05) is 31.0 Å². The summed E-state index contributed by atoms with van der Waals surface area (Å²) in [7, 11) is -2.67. The summed E-state index contributed by atoms with van der Waals surface area (Å²) in [6, 6.07) is 2.72. The summed E-state index contributed by atoms with van der Waals surface area (Å²) in [6.07, 6.45) is -11.8. The molecule has 0 saturated heterocycles. The molecule has 13 nitrogen and oxygen atoms in total. The number of benzene rings is 1. The van der Waals surface area contributed by atoms with Gasteiger partial charge < -0.3 is 19.5 Å². The van der Waals surface area contributed by atoms with Crippen molar-refractivity contribution in [1.82, 2.24) is 19.3 Å². The van der Waals surface area contributed by atoms with E-state index in [2.05, 4.69) is 20.3 Å². The van der Waals surface area contributed by atoms with Crippen LogP contribution in [-0.2, 0) is 38.3 Å². The van der Waals surface area contributed by atoms with Gasteiger partial charge in [-0.1, -0.05) is 6.92 Å². The second-order valence-corrected chi connectivity index (χ2v) is 14.8. The van der Waals surface area contributed by atoms with Gasteiger partial charge in [-0.2, -0.15) is 26.3 Å². The van der Waals surface area contributed by atoms with Crippen molar-refractivity contribution in [2.45, 2.75) is 88.8 Å². The number of methoxy groups -OCH3 is 1. The van der Waals surface area contributed by atoms with Crippen LogP contribution in [0.4, 0.5) is 47.6 Å². The molecule has 2 amide bonds. The maximum Gasteiger partial charge on any atom is 0.424 e. The molecular weight excluding hydrogens is 738 g/mol. The largest absolute Gasteiger partial charge is 0.481 e. The topological polar surface area (TPSA) is 153 Å². The van der Waals surface area contributed by atoms with Gasteiger partial charge in [0, 0.05) is 25.6 Å². The quantitative estimate of drug-likeness (QED) is 0.217. The van der Waals surface area contributed by atoms with Crippen LogP contribution < -0.4 is 15.0 Å². The number of hydrogen-bond donors (Lipinski definition) is 1. The molecule has 4 rings (SSSR count). The zero-order valence-electron chi connectivity index (χ0n) is 29.7. The highest BCUT2D eigenvalue weighted by Crippen LogP contribution is 2.41. The van der Waals surface area contributed by atoms with E-state index in [1.165, 1.54) is 38.8 Å². The fraction of sp³-hybridized carbons (Fsp3) is 0.485. The molecule has 53 heavy (non-hydrogen) atoms. The number of anilines is 2. The van der Waals surface area contributed by atoms with Gasteiger partial charge in [-0.15, -0.1) is 0 Å². The van der Waals surface area contributed by atoms with Crippen LogP contribution in [0.1, 0.15) is 81.6 Å². The molecule has 0 fully saturated rings. The van der Waals surface area contributed by atoms with Gasteiger partial charge in [-0.05, 0) is 70.4 Å². The van der Waals surface area contributed by atoms with Gasteiger partial charge in [0.05, 0.1) is 54.2 Å². The second kappa shape index (κ2) is 15.2. The van der Waals surface area contributed by atoms with Crippen LogP contribution in [0, 0.1) is 0 Å². The number of carbonyl (C=O) groups is 2.